The molecule has 0 aliphatic heterocycles. The van der Waals surface area contributed by atoms with Crippen LogP contribution < -0.4 is 5.73 Å². The zero-order valence-corrected chi connectivity index (χ0v) is 13.2. The maximum Gasteiger partial charge on any atom is 0.274 e. The summed E-state index contributed by atoms with van der Waals surface area (Å²) in [5, 5.41) is 10.5. The van der Waals surface area contributed by atoms with Crippen molar-refractivity contribution in [2.75, 3.05) is 0 Å². The molecule has 124 valence electrons. The molecule has 5 fully saturated rings. The molecule has 5 aliphatic carbocycles. The Labute approximate surface area is 133 Å². The van der Waals surface area contributed by atoms with Gasteiger partial charge in [-0.2, -0.15) is 0 Å². The molecule has 3 nitrogen and oxygen atoms in total. The van der Waals surface area contributed by atoms with E-state index in [4.69, 9.17) is 17.3 Å². The van der Waals surface area contributed by atoms with E-state index in [2.05, 4.69) is 0 Å². The van der Waals surface area contributed by atoms with Crippen LogP contribution in [0.2, 0.25) is 0 Å². The molecule has 0 aromatic heterocycles. The van der Waals surface area contributed by atoms with E-state index in [1.165, 1.54) is 0 Å². The van der Waals surface area contributed by atoms with Gasteiger partial charge in [0.1, 0.15) is 6.10 Å². The molecule has 0 saturated heterocycles. The number of hydrogen-bond donors (Lipinski definition) is 2. The highest BCUT2D eigenvalue weighted by molar-refractivity contribution is 6.26. The lowest BCUT2D eigenvalue weighted by molar-refractivity contribution is -0.249. The molecule has 0 aromatic carbocycles. The Balaban J connectivity index is 1.69. The molecule has 5 saturated carbocycles. The van der Waals surface area contributed by atoms with Crippen LogP contribution in [0.1, 0.15) is 51.4 Å². The normalized spacial score (nSPS) is 55.5. The minimum Gasteiger partial charge on any atom is -0.386 e. The van der Waals surface area contributed by atoms with Gasteiger partial charge >= 0.3 is 0 Å². The van der Waals surface area contributed by atoms with E-state index in [0.29, 0.717) is 12.8 Å². The Morgan fingerprint density at radius 2 is 1.86 bits per heavy atom. The Bertz CT molecular complexity index is 520. The highest BCUT2D eigenvalue weighted by atomic mass is 35.5. The molecule has 5 aliphatic rings. The topological polar surface area (TPSA) is 63.3 Å². The molecule has 3 N–H and O–H groups in total. The van der Waals surface area contributed by atoms with Crippen molar-refractivity contribution in [1.29, 1.82) is 0 Å². The summed E-state index contributed by atoms with van der Waals surface area (Å²) in [5.41, 5.74) is 4.50. The van der Waals surface area contributed by atoms with Crippen molar-refractivity contribution in [1.82, 2.24) is 0 Å². The van der Waals surface area contributed by atoms with Gasteiger partial charge in [-0.15, -0.1) is 11.6 Å². The highest BCUT2D eigenvalue weighted by Gasteiger charge is 2.75. The van der Waals surface area contributed by atoms with Crippen LogP contribution in [0, 0.1) is 22.7 Å². The van der Waals surface area contributed by atoms with Gasteiger partial charge in [-0.3, -0.25) is 4.79 Å². The van der Waals surface area contributed by atoms with Crippen LogP contribution in [0.15, 0.2) is 0 Å². The maximum atomic E-state index is 14.4. The molecule has 6 heteroatoms. The highest BCUT2D eigenvalue weighted by Crippen LogP contribution is 2.79. The van der Waals surface area contributed by atoms with E-state index in [1.54, 1.807) is 0 Å². The van der Waals surface area contributed by atoms with Gasteiger partial charge in [-0.1, -0.05) is 6.42 Å². The molecule has 22 heavy (non-hydrogen) atoms. The van der Waals surface area contributed by atoms with E-state index < -0.39 is 35.7 Å². The third-order valence-corrected chi connectivity index (χ3v) is 7.47. The van der Waals surface area contributed by atoms with E-state index in [0.717, 1.165) is 32.1 Å². The number of halogens is 3. The fourth-order valence-electron chi connectivity index (χ4n) is 6.40. The molecule has 4 atom stereocenters. The van der Waals surface area contributed by atoms with E-state index in [1.807, 2.05) is 0 Å². The Hall–Kier alpha value is -0.420. The molecule has 0 aromatic rings. The van der Waals surface area contributed by atoms with Gasteiger partial charge in [0.05, 0.1) is 0 Å². The molecule has 0 radical (unpaired) electrons. The summed E-state index contributed by atoms with van der Waals surface area (Å²) in [7, 11) is 0. The van der Waals surface area contributed by atoms with Crippen LogP contribution in [0.4, 0.5) is 8.78 Å². The van der Waals surface area contributed by atoms with Crippen molar-refractivity contribution < 1.29 is 18.7 Å². The van der Waals surface area contributed by atoms with Crippen molar-refractivity contribution in [3.63, 3.8) is 0 Å². The minimum absolute atomic E-state index is 0.0227. The van der Waals surface area contributed by atoms with E-state index >= 15 is 0 Å². The van der Waals surface area contributed by atoms with Crippen LogP contribution in [-0.4, -0.2) is 27.9 Å². The van der Waals surface area contributed by atoms with Crippen molar-refractivity contribution in [2.45, 2.75) is 68.3 Å². The molecule has 4 unspecified atom stereocenters. The van der Waals surface area contributed by atoms with Gasteiger partial charge in [-0.25, -0.2) is 8.78 Å². The summed E-state index contributed by atoms with van der Waals surface area (Å²) >= 11 is 6.35. The van der Waals surface area contributed by atoms with Crippen LogP contribution in [0.5, 0.6) is 0 Å². The van der Waals surface area contributed by atoms with Crippen molar-refractivity contribution in [3.05, 3.63) is 0 Å². The number of rotatable bonds is 2. The standard InChI is InChI=1S/C16H22ClF2NO2/c17-14-6-13(7-14,8-14)10-2-1-3-15(10)4-9(11(20)21)5-16(18,19)12(15)22/h9-10,12,22H,1-8H2,(H2,20,21). The van der Waals surface area contributed by atoms with Gasteiger partial charge in [0.2, 0.25) is 5.91 Å². The number of aliphatic hydroxyl groups excluding tert-OH is 1. The van der Waals surface area contributed by atoms with Crippen LogP contribution in [-0.2, 0) is 4.79 Å². The lowest BCUT2D eigenvalue weighted by atomic mass is 9.35. The van der Waals surface area contributed by atoms with Crippen molar-refractivity contribution in [3.8, 4) is 0 Å². The molecule has 5 rings (SSSR count). The second-order valence-corrected chi connectivity index (χ2v) is 9.19. The number of aliphatic hydroxyl groups is 1. The third-order valence-electron chi connectivity index (χ3n) is 7.07. The van der Waals surface area contributed by atoms with Crippen LogP contribution in [0.3, 0.4) is 0 Å². The van der Waals surface area contributed by atoms with Gasteiger partial charge in [0.25, 0.3) is 5.92 Å². The molecular formula is C16H22ClF2NO2. The minimum atomic E-state index is -3.23. The van der Waals surface area contributed by atoms with Gasteiger partial charge in [0, 0.05) is 22.6 Å². The average Bonchev–Trinajstić information content (AvgIpc) is 2.74. The zero-order valence-electron chi connectivity index (χ0n) is 12.5. The van der Waals surface area contributed by atoms with Crippen molar-refractivity contribution >= 4 is 17.5 Å². The van der Waals surface area contributed by atoms with Gasteiger partial charge < -0.3 is 10.8 Å². The smallest absolute Gasteiger partial charge is 0.274 e. The quantitative estimate of drug-likeness (QED) is 0.763. The maximum absolute atomic E-state index is 14.4. The Morgan fingerprint density at radius 3 is 2.41 bits per heavy atom. The molecule has 2 bridgehead atoms. The third kappa shape index (κ3) is 1.73. The van der Waals surface area contributed by atoms with Crippen molar-refractivity contribution in [2.24, 2.45) is 28.4 Å². The predicted octanol–water partition coefficient (Wildman–Crippen LogP) is 2.83. The van der Waals surface area contributed by atoms with Crippen LogP contribution in [0.25, 0.3) is 0 Å². The first-order valence-electron chi connectivity index (χ1n) is 8.17. The van der Waals surface area contributed by atoms with Gasteiger partial charge in [0.15, 0.2) is 0 Å². The summed E-state index contributed by atoms with van der Waals surface area (Å²) in [6, 6.07) is 0. The molecule has 1 amide bonds. The lowest BCUT2D eigenvalue weighted by Gasteiger charge is -2.73. The number of primary amides is 1. The van der Waals surface area contributed by atoms with Gasteiger partial charge in [-0.05, 0) is 49.9 Å². The summed E-state index contributed by atoms with van der Waals surface area (Å²) in [5.74, 6) is -4.69. The molecule has 1 spiro atoms. The van der Waals surface area contributed by atoms with E-state index in [9.17, 15) is 18.7 Å². The molecular weight excluding hydrogens is 312 g/mol. The number of alkyl halides is 3. The SMILES string of the molecule is NC(=O)C1CC(F)(F)C(O)C2(CCCC2C23CC(Cl)(C2)C3)C1. The summed E-state index contributed by atoms with van der Waals surface area (Å²) < 4.78 is 28.8. The lowest BCUT2D eigenvalue weighted by Crippen LogP contribution is -2.70. The number of carbonyl (C=O) groups excluding carboxylic acids is 1. The summed E-state index contributed by atoms with van der Waals surface area (Å²) in [6.07, 6.45) is 2.88. The number of carbonyl (C=O) groups is 1. The fourth-order valence-corrected chi connectivity index (χ4v) is 7.19. The van der Waals surface area contributed by atoms with Crippen LogP contribution >= 0.6 is 11.6 Å². The average molecular weight is 334 g/mol. The first-order valence-corrected chi connectivity index (χ1v) is 8.55. The number of amides is 1. The monoisotopic (exact) mass is 333 g/mol. The zero-order chi connectivity index (χ0) is 16.0. The Kier molecular flexibility index (Phi) is 2.86. The first kappa shape index (κ1) is 15.1. The largest absolute Gasteiger partial charge is 0.386 e. The second-order valence-electron chi connectivity index (χ2n) is 8.39. The summed E-state index contributed by atoms with van der Waals surface area (Å²) in [6.45, 7) is 0. The predicted molar refractivity (Wildman–Crippen MR) is 77.5 cm³/mol. The second kappa shape index (κ2) is 4.15. The Morgan fingerprint density at radius 1 is 1.23 bits per heavy atom. The molecule has 0 heterocycles. The fraction of sp³-hybridized carbons (Fsp3) is 0.938. The number of nitrogens with two attached hydrogens (primary N) is 1. The first-order chi connectivity index (χ1) is 10.1. The summed E-state index contributed by atoms with van der Waals surface area (Å²) in [4.78, 5) is 11.5. The van der Waals surface area contributed by atoms with E-state index in [-0.39, 0.29) is 16.2 Å². The number of hydrogen-bond acceptors (Lipinski definition) is 2.